The number of hydrogen-bond acceptors (Lipinski definition) is 7. The minimum Gasteiger partial charge on any atom is -0.455 e. The first kappa shape index (κ1) is 20.0. The summed E-state index contributed by atoms with van der Waals surface area (Å²) in [5.74, 6) is -1.04. The van der Waals surface area contributed by atoms with Crippen molar-refractivity contribution in [3.05, 3.63) is 46.8 Å². The van der Waals surface area contributed by atoms with Gasteiger partial charge in [-0.2, -0.15) is 4.72 Å². The molecule has 0 fully saturated rings. The molecular formula is C18H21N3O6S. The van der Waals surface area contributed by atoms with Crippen molar-refractivity contribution in [2.75, 3.05) is 19.7 Å². The third-order valence-corrected chi connectivity index (χ3v) is 6.13. The van der Waals surface area contributed by atoms with Crippen LogP contribution in [0.5, 0.6) is 0 Å². The number of nitrogens with one attached hydrogen (secondary N) is 1. The molecule has 9 nitrogen and oxygen atoms in total. The van der Waals surface area contributed by atoms with Crippen LogP contribution in [-0.2, 0) is 37.3 Å². The molecule has 28 heavy (non-hydrogen) atoms. The molecule has 1 aliphatic heterocycles. The number of carbonyl (C=O) groups excluding carboxylic acids is 2. The highest BCUT2D eigenvalue weighted by molar-refractivity contribution is 7.89. The van der Waals surface area contributed by atoms with E-state index in [4.69, 9.17) is 9.26 Å². The molecule has 0 saturated heterocycles. The summed E-state index contributed by atoms with van der Waals surface area (Å²) >= 11 is 0. The number of esters is 1. The number of carbonyl (C=O) groups is 2. The maximum absolute atomic E-state index is 12.3. The zero-order valence-electron chi connectivity index (χ0n) is 15.6. The predicted octanol–water partition coefficient (Wildman–Crippen LogP) is 0.698. The fraction of sp³-hybridized carbons (Fsp3) is 0.389. The fourth-order valence-corrected chi connectivity index (χ4v) is 4.37. The van der Waals surface area contributed by atoms with Crippen LogP contribution in [0.25, 0.3) is 0 Å². The summed E-state index contributed by atoms with van der Waals surface area (Å²) < 4.78 is 36.4. The van der Waals surface area contributed by atoms with E-state index in [-0.39, 0.29) is 22.3 Å². The molecule has 0 radical (unpaired) electrons. The molecule has 10 heteroatoms. The number of nitrogens with zero attached hydrogens (tertiary/aromatic N) is 2. The molecule has 1 aromatic carbocycles. The van der Waals surface area contributed by atoms with Gasteiger partial charge >= 0.3 is 5.97 Å². The first-order chi connectivity index (χ1) is 13.3. The van der Waals surface area contributed by atoms with Crippen molar-refractivity contribution in [2.24, 2.45) is 0 Å². The topological polar surface area (TPSA) is 119 Å². The van der Waals surface area contributed by atoms with Crippen LogP contribution < -0.4 is 4.72 Å². The molecule has 0 spiro atoms. The van der Waals surface area contributed by atoms with Gasteiger partial charge in [-0.25, -0.2) is 8.42 Å². The van der Waals surface area contributed by atoms with Crippen molar-refractivity contribution in [3.8, 4) is 0 Å². The predicted molar refractivity (Wildman–Crippen MR) is 97.7 cm³/mol. The highest BCUT2D eigenvalue weighted by Gasteiger charge is 2.25. The first-order valence-electron chi connectivity index (χ1n) is 8.70. The smallest absolute Gasteiger partial charge is 0.321 e. The Morgan fingerprint density at radius 3 is 2.64 bits per heavy atom. The van der Waals surface area contributed by atoms with Crippen molar-refractivity contribution in [1.82, 2.24) is 14.8 Å². The quantitative estimate of drug-likeness (QED) is 0.700. The van der Waals surface area contributed by atoms with Crippen molar-refractivity contribution >= 4 is 21.9 Å². The number of fused-ring (bicyclic) bond motifs is 1. The zero-order valence-corrected chi connectivity index (χ0v) is 16.4. The maximum atomic E-state index is 12.3. The molecular weight excluding hydrogens is 386 g/mol. The van der Waals surface area contributed by atoms with Crippen LogP contribution in [0.1, 0.15) is 22.6 Å². The Morgan fingerprint density at radius 2 is 1.96 bits per heavy atom. The van der Waals surface area contributed by atoms with Gasteiger partial charge in [-0.05, 0) is 31.4 Å². The van der Waals surface area contributed by atoms with E-state index in [1.165, 1.54) is 19.4 Å². The Labute approximate surface area is 162 Å². The van der Waals surface area contributed by atoms with E-state index in [2.05, 4.69) is 9.88 Å². The molecule has 2 aromatic rings. The minimum atomic E-state index is -3.97. The Bertz CT molecular complexity index is 979. The number of amides is 1. The van der Waals surface area contributed by atoms with E-state index in [9.17, 15) is 18.0 Å². The number of benzene rings is 1. The van der Waals surface area contributed by atoms with E-state index in [1.807, 2.05) is 24.3 Å². The number of ether oxygens (including phenoxy) is 1. The van der Waals surface area contributed by atoms with E-state index < -0.39 is 29.1 Å². The summed E-state index contributed by atoms with van der Waals surface area (Å²) in [6, 6.07) is 7.87. The average molecular weight is 407 g/mol. The van der Waals surface area contributed by atoms with Gasteiger partial charge in [-0.1, -0.05) is 29.4 Å². The highest BCUT2D eigenvalue weighted by Crippen LogP contribution is 2.19. The zero-order chi connectivity index (χ0) is 20.3. The number of aryl methyl sites for hydroxylation is 2. The van der Waals surface area contributed by atoms with E-state index in [0.29, 0.717) is 13.1 Å². The van der Waals surface area contributed by atoms with Crippen LogP contribution in [0, 0.1) is 13.8 Å². The van der Waals surface area contributed by atoms with Gasteiger partial charge in [0, 0.05) is 13.1 Å². The number of sulfonamides is 1. The van der Waals surface area contributed by atoms with Gasteiger partial charge in [0.25, 0.3) is 5.91 Å². The molecule has 0 aliphatic carbocycles. The molecule has 0 bridgehead atoms. The summed E-state index contributed by atoms with van der Waals surface area (Å²) in [5.41, 5.74) is 2.47. The van der Waals surface area contributed by atoms with Crippen LogP contribution in [0.2, 0.25) is 0 Å². The summed E-state index contributed by atoms with van der Waals surface area (Å²) in [6.07, 6.45) is 0.743. The van der Waals surface area contributed by atoms with Crippen molar-refractivity contribution in [3.63, 3.8) is 0 Å². The van der Waals surface area contributed by atoms with E-state index in [0.717, 1.165) is 12.0 Å². The minimum absolute atomic E-state index is 0.108. The lowest BCUT2D eigenvalue weighted by molar-refractivity contribution is -0.151. The van der Waals surface area contributed by atoms with E-state index in [1.54, 1.807) is 4.90 Å². The molecule has 0 atom stereocenters. The van der Waals surface area contributed by atoms with Gasteiger partial charge < -0.3 is 14.2 Å². The third kappa shape index (κ3) is 4.39. The molecule has 1 aromatic heterocycles. The first-order valence-corrected chi connectivity index (χ1v) is 10.2. The second kappa shape index (κ2) is 8.11. The van der Waals surface area contributed by atoms with Gasteiger partial charge in [-0.3, -0.25) is 9.59 Å². The second-order valence-corrected chi connectivity index (χ2v) is 8.18. The van der Waals surface area contributed by atoms with Crippen LogP contribution in [0.4, 0.5) is 0 Å². The molecule has 1 N–H and O–H groups in total. The van der Waals surface area contributed by atoms with Crippen LogP contribution in [0.3, 0.4) is 0 Å². The molecule has 3 rings (SSSR count). The molecule has 150 valence electrons. The highest BCUT2D eigenvalue weighted by atomic mass is 32.2. The number of rotatable bonds is 6. The molecule has 1 amide bonds. The number of aromatic nitrogens is 1. The van der Waals surface area contributed by atoms with Crippen LogP contribution >= 0.6 is 0 Å². The van der Waals surface area contributed by atoms with Gasteiger partial charge in [0.15, 0.2) is 12.4 Å². The van der Waals surface area contributed by atoms with Crippen LogP contribution in [0.15, 0.2) is 33.7 Å². The average Bonchev–Trinajstić information content (AvgIpc) is 3.03. The standard InChI is InChI=1S/C18H21N3O6S/c1-12-18(13(2)27-20-12)28(24,25)19-9-17(23)26-11-16(22)21-8-7-14-5-3-4-6-15(14)10-21/h3-6,19H,7-11H2,1-2H3. The van der Waals surface area contributed by atoms with Gasteiger partial charge in [0.2, 0.25) is 10.0 Å². The molecule has 2 heterocycles. The largest absolute Gasteiger partial charge is 0.455 e. The summed E-state index contributed by atoms with van der Waals surface area (Å²) in [4.78, 5) is 25.6. The lowest BCUT2D eigenvalue weighted by atomic mass is 10.00. The van der Waals surface area contributed by atoms with Gasteiger partial charge in [0.1, 0.15) is 17.1 Å². The van der Waals surface area contributed by atoms with E-state index >= 15 is 0 Å². The lowest BCUT2D eigenvalue weighted by Gasteiger charge is -2.28. The summed E-state index contributed by atoms with van der Waals surface area (Å²) in [6.45, 7) is 2.93. The van der Waals surface area contributed by atoms with Gasteiger partial charge in [-0.15, -0.1) is 0 Å². The molecule has 0 saturated carbocycles. The van der Waals surface area contributed by atoms with Crippen LogP contribution in [-0.4, -0.2) is 50.0 Å². The van der Waals surface area contributed by atoms with Crippen molar-refractivity contribution in [1.29, 1.82) is 0 Å². The second-order valence-electron chi connectivity index (χ2n) is 6.47. The normalized spacial score (nSPS) is 13.9. The Morgan fingerprint density at radius 1 is 1.25 bits per heavy atom. The Hall–Kier alpha value is -2.72. The fourth-order valence-electron chi connectivity index (χ4n) is 3.08. The maximum Gasteiger partial charge on any atom is 0.321 e. The summed E-state index contributed by atoms with van der Waals surface area (Å²) in [5, 5.41) is 3.58. The summed E-state index contributed by atoms with van der Waals surface area (Å²) in [7, 11) is -3.97. The lowest BCUT2D eigenvalue weighted by Crippen LogP contribution is -2.39. The van der Waals surface area contributed by atoms with Gasteiger partial charge in [0.05, 0.1) is 0 Å². The molecule has 1 aliphatic rings. The van der Waals surface area contributed by atoms with Crippen molar-refractivity contribution in [2.45, 2.75) is 31.7 Å². The van der Waals surface area contributed by atoms with Crippen molar-refractivity contribution < 1.29 is 27.3 Å². The molecule has 0 unspecified atom stereocenters. The Kier molecular flexibility index (Phi) is 5.80. The number of hydrogen-bond donors (Lipinski definition) is 1. The monoisotopic (exact) mass is 407 g/mol. The SMILES string of the molecule is Cc1noc(C)c1S(=O)(=O)NCC(=O)OCC(=O)N1CCc2ccccc2C1. The Balaban J connectivity index is 1.49. The third-order valence-electron chi connectivity index (χ3n) is 4.48.